The van der Waals surface area contributed by atoms with Crippen LogP contribution in [0.25, 0.3) is 0 Å². The summed E-state index contributed by atoms with van der Waals surface area (Å²) in [5.41, 5.74) is 4.78. The van der Waals surface area contributed by atoms with Crippen molar-refractivity contribution in [3.8, 4) is 5.75 Å². The molecule has 1 N–H and O–H groups in total. The molecule has 3 aromatic rings. The van der Waals surface area contributed by atoms with E-state index in [-0.39, 0.29) is 5.91 Å². The van der Waals surface area contributed by atoms with Crippen molar-refractivity contribution in [2.75, 3.05) is 25.5 Å². The summed E-state index contributed by atoms with van der Waals surface area (Å²) < 4.78 is 5.70. The second kappa shape index (κ2) is 9.48. The van der Waals surface area contributed by atoms with E-state index in [0.717, 1.165) is 17.1 Å². The lowest BCUT2D eigenvalue weighted by Gasteiger charge is -2.20. The van der Waals surface area contributed by atoms with E-state index in [4.69, 9.17) is 16.3 Å². The molecule has 3 aromatic carbocycles. The Kier molecular flexibility index (Phi) is 6.78. The second-order valence-electron chi connectivity index (χ2n) is 6.95. The molecule has 0 atom stereocenters. The van der Waals surface area contributed by atoms with Gasteiger partial charge < -0.3 is 15.0 Å². The highest BCUT2D eigenvalue weighted by Crippen LogP contribution is 2.26. The van der Waals surface area contributed by atoms with Gasteiger partial charge in [-0.3, -0.25) is 4.79 Å². The van der Waals surface area contributed by atoms with E-state index in [1.165, 1.54) is 11.1 Å². The van der Waals surface area contributed by atoms with Crippen LogP contribution >= 0.6 is 11.6 Å². The maximum Gasteiger partial charge on any atom is 0.255 e. The Morgan fingerprint density at radius 1 is 0.966 bits per heavy atom. The number of nitrogens with zero attached hydrogens (tertiary/aromatic N) is 1. The van der Waals surface area contributed by atoms with Crippen molar-refractivity contribution in [1.82, 2.24) is 4.90 Å². The molecule has 0 fully saturated rings. The van der Waals surface area contributed by atoms with Crippen LogP contribution in [0.15, 0.2) is 66.7 Å². The zero-order chi connectivity index (χ0) is 20.8. The summed E-state index contributed by atoms with van der Waals surface area (Å²) in [7, 11) is 1.78. The van der Waals surface area contributed by atoms with E-state index >= 15 is 0 Å². The normalized spacial score (nSPS) is 10.5. The molecule has 0 heterocycles. The third kappa shape index (κ3) is 5.30. The molecule has 0 bridgehead atoms. The second-order valence-corrected chi connectivity index (χ2v) is 7.38. The lowest BCUT2D eigenvalue weighted by Crippen LogP contribution is -2.31. The van der Waals surface area contributed by atoms with E-state index in [0.29, 0.717) is 23.7 Å². The Morgan fingerprint density at radius 3 is 2.41 bits per heavy atom. The zero-order valence-corrected chi connectivity index (χ0v) is 17.7. The topological polar surface area (TPSA) is 41.6 Å². The maximum absolute atomic E-state index is 13.0. The van der Waals surface area contributed by atoms with Crippen molar-refractivity contribution in [2.24, 2.45) is 0 Å². The number of carbonyl (C=O) groups excluding carboxylic acids is 1. The standard InChI is InChI=1S/C24H25ClN2O2/c1-17-7-6-10-22(18(17)2)26-23-9-5-4-8-21(23)24(28)27(3)15-16-29-20-13-11-19(25)12-14-20/h4-14,26H,15-16H2,1-3H3. The van der Waals surface area contributed by atoms with Crippen molar-refractivity contribution >= 4 is 28.9 Å². The first-order valence-electron chi connectivity index (χ1n) is 9.52. The number of hydrogen-bond acceptors (Lipinski definition) is 3. The molecule has 0 unspecified atom stereocenters. The number of hydrogen-bond donors (Lipinski definition) is 1. The number of nitrogens with one attached hydrogen (secondary N) is 1. The van der Waals surface area contributed by atoms with Crippen molar-refractivity contribution in [3.05, 3.63) is 88.4 Å². The Hall–Kier alpha value is -2.98. The number of anilines is 2. The fourth-order valence-electron chi connectivity index (χ4n) is 2.95. The summed E-state index contributed by atoms with van der Waals surface area (Å²) in [6.45, 7) is 5.02. The third-order valence-corrected chi connectivity index (χ3v) is 5.14. The number of likely N-dealkylation sites (N-methyl/N-ethyl adjacent to an activating group) is 1. The van der Waals surface area contributed by atoms with Crippen LogP contribution in [-0.2, 0) is 0 Å². The predicted molar refractivity (Wildman–Crippen MR) is 120 cm³/mol. The summed E-state index contributed by atoms with van der Waals surface area (Å²) in [6, 6.07) is 20.9. The van der Waals surface area contributed by atoms with Crippen LogP contribution in [0.4, 0.5) is 11.4 Å². The van der Waals surface area contributed by atoms with Crippen LogP contribution in [0.1, 0.15) is 21.5 Å². The van der Waals surface area contributed by atoms with Crippen LogP contribution < -0.4 is 10.1 Å². The van der Waals surface area contributed by atoms with Crippen molar-refractivity contribution in [1.29, 1.82) is 0 Å². The van der Waals surface area contributed by atoms with Gasteiger partial charge >= 0.3 is 0 Å². The van der Waals surface area contributed by atoms with Gasteiger partial charge in [-0.15, -0.1) is 0 Å². The molecule has 0 saturated carbocycles. The SMILES string of the molecule is Cc1cccc(Nc2ccccc2C(=O)N(C)CCOc2ccc(Cl)cc2)c1C. The first-order chi connectivity index (χ1) is 14.0. The van der Waals surface area contributed by atoms with Crippen LogP contribution in [0.5, 0.6) is 5.75 Å². The number of rotatable bonds is 7. The fraction of sp³-hybridized carbons (Fsp3) is 0.208. The molecule has 29 heavy (non-hydrogen) atoms. The summed E-state index contributed by atoms with van der Waals surface area (Å²) in [5.74, 6) is 0.672. The van der Waals surface area contributed by atoms with Gasteiger partial charge in [-0.2, -0.15) is 0 Å². The minimum absolute atomic E-state index is 0.0573. The number of benzene rings is 3. The van der Waals surface area contributed by atoms with Gasteiger partial charge in [0.1, 0.15) is 12.4 Å². The minimum Gasteiger partial charge on any atom is -0.492 e. The first kappa shape index (κ1) is 20.7. The maximum atomic E-state index is 13.0. The molecule has 0 spiro atoms. The average molecular weight is 409 g/mol. The van der Waals surface area contributed by atoms with Gasteiger partial charge in [0, 0.05) is 17.8 Å². The molecule has 0 aliphatic carbocycles. The predicted octanol–water partition coefficient (Wildman–Crippen LogP) is 5.85. The van der Waals surface area contributed by atoms with Crippen molar-refractivity contribution in [2.45, 2.75) is 13.8 Å². The zero-order valence-electron chi connectivity index (χ0n) is 16.9. The van der Waals surface area contributed by atoms with E-state index in [1.54, 1.807) is 24.1 Å². The van der Waals surface area contributed by atoms with Gasteiger partial charge in [0.25, 0.3) is 5.91 Å². The fourth-order valence-corrected chi connectivity index (χ4v) is 3.07. The Labute approximate surface area is 177 Å². The van der Waals surface area contributed by atoms with Gasteiger partial charge in [-0.25, -0.2) is 0 Å². The summed E-state index contributed by atoms with van der Waals surface area (Å²) in [5, 5.41) is 4.08. The van der Waals surface area contributed by atoms with Gasteiger partial charge in [-0.1, -0.05) is 35.9 Å². The smallest absolute Gasteiger partial charge is 0.255 e. The average Bonchev–Trinajstić information content (AvgIpc) is 2.72. The molecule has 0 saturated heterocycles. The molecule has 1 amide bonds. The quantitative estimate of drug-likeness (QED) is 0.533. The van der Waals surface area contributed by atoms with Crippen LogP contribution in [0.3, 0.4) is 0 Å². The number of carbonyl (C=O) groups is 1. The molecule has 0 radical (unpaired) electrons. The lowest BCUT2D eigenvalue weighted by atomic mass is 10.1. The lowest BCUT2D eigenvalue weighted by molar-refractivity contribution is 0.0775. The first-order valence-corrected chi connectivity index (χ1v) is 9.89. The highest BCUT2D eigenvalue weighted by Gasteiger charge is 2.16. The van der Waals surface area contributed by atoms with Gasteiger partial charge in [0.15, 0.2) is 0 Å². The monoisotopic (exact) mass is 408 g/mol. The van der Waals surface area contributed by atoms with E-state index in [1.807, 2.05) is 48.5 Å². The number of aryl methyl sites for hydroxylation is 1. The van der Waals surface area contributed by atoms with Crippen LogP contribution in [-0.4, -0.2) is 31.0 Å². The van der Waals surface area contributed by atoms with Crippen LogP contribution in [0.2, 0.25) is 5.02 Å². The molecule has 5 heteroatoms. The molecule has 0 aliphatic rings. The van der Waals surface area contributed by atoms with Gasteiger partial charge in [0.05, 0.1) is 17.8 Å². The van der Waals surface area contributed by atoms with Gasteiger partial charge in [-0.05, 0) is 67.4 Å². The largest absolute Gasteiger partial charge is 0.492 e. The minimum atomic E-state index is -0.0573. The van der Waals surface area contributed by atoms with Gasteiger partial charge in [0.2, 0.25) is 0 Å². The van der Waals surface area contributed by atoms with Crippen molar-refractivity contribution in [3.63, 3.8) is 0 Å². The Bertz CT molecular complexity index is 986. The Morgan fingerprint density at radius 2 is 1.66 bits per heavy atom. The molecule has 0 aromatic heterocycles. The van der Waals surface area contributed by atoms with E-state index in [2.05, 4.69) is 25.2 Å². The third-order valence-electron chi connectivity index (χ3n) is 4.89. The Balaban J connectivity index is 1.67. The summed E-state index contributed by atoms with van der Waals surface area (Å²) in [4.78, 5) is 14.7. The summed E-state index contributed by atoms with van der Waals surface area (Å²) in [6.07, 6.45) is 0. The van der Waals surface area contributed by atoms with E-state index in [9.17, 15) is 4.79 Å². The molecular weight excluding hydrogens is 384 g/mol. The highest BCUT2D eigenvalue weighted by atomic mass is 35.5. The highest BCUT2D eigenvalue weighted by molar-refractivity contribution is 6.30. The number of halogens is 1. The van der Waals surface area contributed by atoms with E-state index < -0.39 is 0 Å². The van der Waals surface area contributed by atoms with Crippen molar-refractivity contribution < 1.29 is 9.53 Å². The molecule has 0 aliphatic heterocycles. The molecular formula is C24H25ClN2O2. The number of para-hydroxylation sites is 1. The molecule has 4 nitrogen and oxygen atoms in total. The van der Waals surface area contributed by atoms with Crippen LogP contribution in [0, 0.1) is 13.8 Å². The number of ether oxygens (including phenoxy) is 1. The summed E-state index contributed by atoms with van der Waals surface area (Å²) >= 11 is 5.88. The molecule has 150 valence electrons. The molecule has 3 rings (SSSR count). The number of amides is 1.